The van der Waals surface area contributed by atoms with Crippen molar-refractivity contribution >= 4 is 11.9 Å². The Kier molecular flexibility index (Phi) is 3.98. The van der Waals surface area contributed by atoms with Crippen molar-refractivity contribution in [3.05, 3.63) is 53.9 Å². The van der Waals surface area contributed by atoms with E-state index in [2.05, 4.69) is 17.0 Å². The fourth-order valence-corrected chi connectivity index (χ4v) is 1.76. The summed E-state index contributed by atoms with van der Waals surface area (Å²) in [5.41, 5.74) is -0.259. The largest absolute Gasteiger partial charge is 0.417 e. The van der Waals surface area contributed by atoms with E-state index >= 15 is 0 Å². The molecule has 0 atom stereocenters. The Balaban J connectivity index is 2.17. The van der Waals surface area contributed by atoms with Crippen LogP contribution in [-0.2, 0) is 12.7 Å². The van der Waals surface area contributed by atoms with Gasteiger partial charge >= 0.3 is 6.18 Å². The zero-order valence-electron chi connectivity index (χ0n) is 10.9. The predicted octanol–water partition coefficient (Wildman–Crippen LogP) is 3.49. The van der Waals surface area contributed by atoms with Crippen LogP contribution in [0.1, 0.15) is 16.7 Å². The molecule has 0 saturated heterocycles. The molecule has 2 aromatic rings. The lowest BCUT2D eigenvalue weighted by molar-refractivity contribution is -0.137. The minimum absolute atomic E-state index is 0.285. The quantitative estimate of drug-likeness (QED) is 0.938. The van der Waals surface area contributed by atoms with Gasteiger partial charge in [-0.1, -0.05) is 6.58 Å². The van der Waals surface area contributed by atoms with E-state index in [4.69, 9.17) is 5.26 Å². The van der Waals surface area contributed by atoms with E-state index in [1.165, 1.54) is 16.9 Å². The fraction of sp³-hybridized carbons (Fsp3) is 0.143. The molecule has 0 bridgehead atoms. The third-order valence-corrected chi connectivity index (χ3v) is 2.78. The molecule has 0 unspecified atom stereocenters. The Morgan fingerprint density at radius 3 is 2.76 bits per heavy atom. The number of nitrogens with one attached hydrogen (secondary N) is 1. The smallest absolute Gasteiger partial charge is 0.381 e. The predicted molar refractivity (Wildman–Crippen MR) is 72.1 cm³/mol. The summed E-state index contributed by atoms with van der Waals surface area (Å²) < 4.78 is 40.0. The third-order valence-electron chi connectivity index (χ3n) is 2.78. The lowest BCUT2D eigenvalue weighted by Gasteiger charge is -2.11. The zero-order valence-corrected chi connectivity index (χ0v) is 10.9. The first-order valence-corrected chi connectivity index (χ1v) is 5.95. The molecule has 0 spiro atoms. The zero-order chi connectivity index (χ0) is 15.5. The van der Waals surface area contributed by atoms with Crippen LogP contribution in [0, 0.1) is 11.3 Å². The summed E-state index contributed by atoms with van der Waals surface area (Å²) in [6, 6.07) is 5.06. The molecule has 2 rings (SSSR count). The summed E-state index contributed by atoms with van der Waals surface area (Å²) in [4.78, 5) is 0. The van der Waals surface area contributed by atoms with Crippen LogP contribution in [0.3, 0.4) is 0 Å². The molecular weight excluding hydrogens is 281 g/mol. The molecular formula is C14H11F3N4. The Bertz CT molecular complexity index is 695. The van der Waals surface area contributed by atoms with Crippen LogP contribution in [-0.4, -0.2) is 9.78 Å². The molecule has 0 fully saturated rings. The number of nitriles is 1. The van der Waals surface area contributed by atoms with Crippen LogP contribution >= 0.6 is 0 Å². The summed E-state index contributed by atoms with van der Waals surface area (Å²) >= 11 is 0. The van der Waals surface area contributed by atoms with Gasteiger partial charge in [0.05, 0.1) is 23.4 Å². The van der Waals surface area contributed by atoms with Crippen molar-refractivity contribution in [3.63, 3.8) is 0 Å². The molecule has 1 aromatic heterocycles. The number of nitrogens with zero attached hydrogens (tertiary/aromatic N) is 3. The van der Waals surface area contributed by atoms with Gasteiger partial charge in [0.1, 0.15) is 0 Å². The highest BCUT2D eigenvalue weighted by Gasteiger charge is 2.33. The first-order chi connectivity index (χ1) is 9.94. The summed E-state index contributed by atoms with van der Waals surface area (Å²) in [6.07, 6.45) is 0.237. The van der Waals surface area contributed by atoms with Crippen molar-refractivity contribution in [2.45, 2.75) is 12.7 Å². The van der Waals surface area contributed by atoms with Crippen LogP contribution in [0.15, 0.2) is 37.2 Å². The van der Waals surface area contributed by atoms with Crippen molar-refractivity contribution in [2.24, 2.45) is 0 Å². The third kappa shape index (κ3) is 3.42. The number of rotatable bonds is 4. The molecule has 0 amide bonds. The molecule has 0 radical (unpaired) electrons. The van der Waals surface area contributed by atoms with Crippen LogP contribution in [0.4, 0.5) is 18.9 Å². The number of hydrogen-bond acceptors (Lipinski definition) is 3. The standard InChI is InChI=1S/C14H11F3N4/c1-2-21-9-10(8-20-21)7-19-12-4-3-11(6-18)13(5-12)14(15,16)17/h2-5,8-9,19H,1,7H2. The second-order valence-corrected chi connectivity index (χ2v) is 4.23. The van der Waals surface area contributed by atoms with Gasteiger partial charge in [0, 0.05) is 30.2 Å². The van der Waals surface area contributed by atoms with E-state index in [0.29, 0.717) is 6.54 Å². The first kappa shape index (κ1) is 14.7. The highest BCUT2D eigenvalue weighted by Crippen LogP contribution is 2.33. The van der Waals surface area contributed by atoms with Crippen LogP contribution in [0.2, 0.25) is 0 Å². The van der Waals surface area contributed by atoms with Gasteiger partial charge in [-0.25, -0.2) is 4.68 Å². The average molecular weight is 292 g/mol. The van der Waals surface area contributed by atoms with Gasteiger partial charge < -0.3 is 5.32 Å². The van der Waals surface area contributed by atoms with Gasteiger partial charge in [0.15, 0.2) is 0 Å². The number of halogens is 3. The van der Waals surface area contributed by atoms with E-state index < -0.39 is 17.3 Å². The lowest BCUT2D eigenvalue weighted by atomic mass is 10.1. The van der Waals surface area contributed by atoms with Crippen molar-refractivity contribution in [1.29, 1.82) is 5.26 Å². The minimum Gasteiger partial charge on any atom is -0.381 e. The van der Waals surface area contributed by atoms with Gasteiger partial charge in [0.25, 0.3) is 0 Å². The van der Waals surface area contributed by atoms with Crippen molar-refractivity contribution in [2.75, 3.05) is 5.32 Å². The van der Waals surface area contributed by atoms with Crippen LogP contribution in [0.25, 0.3) is 6.20 Å². The second-order valence-electron chi connectivity index (χ2n) is 4.23. The average Bonchev–Trinajstić information content (AvgIpc) is 2.92. The highest BCUT2D eigenvalue weighted by atomic mass is 19.4. The molecule has 0 aliphatic rings. The molecule has 0 aliphatic heterocycles. The number of hydrogen-bond donors (Lipinski definition) is 1. The molecule has 1 aromatic carbocycles. The van der Waals surface area contributed by atoms with E-state index in [0.717, 1.165) is 17.7 Å². The fourth-order valence-electron chi connectivity index (χ4n) is 1.76. The molecule has 1 N–H and O–H groups in total. The molecule has 1 heterocycles. The maximum Gasteiger partial charge on any atom is 0.417 e. The Hall–Kier alpha value is -2.75. The Labute approximate surface area is 119 Å². The molecule has 7 heteroatoms. The second kappa shape index (κ2) is 5.71. The van der Waals surface area contributed by atoms with E-state index in [1.807, 2.05) is 0 Å². The van der Waals surface area contributed by atoms with Gasteiger partial charge in [-0.15, -0.1) is 0 Å². The number of anilines is 1. The van der Waals surface area contributed by atoms with Crippen molar-refractivity contribution in [3.8, 4) is 6.07 Å². The number of benzene rings is 1. The van der Waals surface area contributed by atoms with Gasteiger partial charge in [-0.2, -0.15) is 23.5 Å². The highest BCUT2D eigenvalue weighted by molar-refractivity contribution is 5.53. The van der Waals surface area contributed by atoms with Crippen LogP contribution < -0.4 is 5.32 Å². The van der Waals surface area contributed by atoms with E-state index in [-0.39, 0.29) is 5.69 Å². The van der Waals surface area contributed by atoms with E-state index in [9.17, 15) is 13.2 Å². The maximum atomic E-state index is 12.8. The van der Waals surface area contributed by atoms with Crippen LogP contribution in [0.5, 0.6) is 0 Å². The normalized spacial score (nSPS) is 11.0. The maximum absolute atomic E-state index is 12.8. The van der Waals surface area contributed by atoms with Gasteiger partial charge in [-0.05, 0) is 18.2 Å². The van der Waals surface area contributed by atoms with Crippen molar-refractivity contribution < 1.29 is 13.2 Å². The van der Waals surface area contributed by atoms with Gasteiger partial charge in [0.2, 0.25) is 0 Å². The number of aromatic nitrogens is 2. The van der Waals surface area contributed by atoms with E-state index in [1.54, 1.807) is 18.5 Å². The summed E-state index contributed by atoms with van der Waals surface area (Å²) in [6.45, 7) is 3.86. The minimum atomic E-state index is -4.56. The Morgan fingerprint density at radius 1 is 1.43 bits per heavy atom. The lowest BCUT2D eigenvalue weighted by Crippen LogP contribution is -2.09. The Morgan fingerprint density at radius 2 is 2.19 bits per heavy atom. The van der Waals surface area contributed by atoms with Gasteiger partial charge in [-0.3, -0.25) is 0 Å². The molecule has 0 aliphatic carbocycles. The monoisotopic (exact) mass is 292 g/mol. The number of alkyl halides is 3. The summed E-state index contributed by atoms with van der Waals surface area (Å²) in [7, 11) is 0. The summed E-state index contributed by atoms with van der Waals surface area (Å²) in [5.74, 6) is 0. The topological polar surface area (TPSA) is 53.6 Å². The summed E-state index contributed by atoms with van der Waals surface area (Å²) in [5, 5.41) is 15.6. The molecule has 21 heavy (non-hydrogen) atoms. The SMILES string of the molecule is C=Cn1cc(CNc2ccc(C#N)c(C(F)(F)F)c2)cn1. The molecule has 108 valence electrons. The van der Waals surface area contributed by atoms with Crippen molar-refractivity contribution in [1.82, 2.24) is 9.78 Å². The first-order valence-electron chi connectivity index (χ1n) is 5.95. The molecule has 0 saturated carbocycles. The molecule has 4 nitrogen and oxygen atoms in total.